The van der Waals surface area contributed by atoms with E-state index in [1.807, 2.05) is 42.5 Å². The number of amides is 3. The number of carbonyl (C=O) groups excluding carboxylic acids is 3. The van der Waals surface area contributed by atoms with Gasteiger partial charge in [0.1, 0.15) is 11.8 Å². The van der Waals surface area contributed by atoms with Crippen molar-refractivity contribution in [3.63, 3.8) is 0 Å². The highest BCUT2D eigenvalue weighted by Crippen LogP contribution is 2.55. The van der Waals surface area contributed by atoms with E-state index < -0.39 is 35.9 Å². The van der Waals surface area contributed by atoms with E-state index in [1.165, 1.54) is 4.90 Å². The molecule has 3 aliphatic rings. The van der Waals surface area contributed by atoms with Crippen molar-refractivity contribution in [2.75, 3.05) is 18.1 Å². The van der Waals surface area contributed by atoms with E-state index in [9.17, 15) is 14.4 Å². The highest BCUT2D eigenvalue weighted by Gasteiger charge is 2.65. The Kier molecular flexibility index (Phi) is 4.40. The van der Waals surface area contributed by atoms with E-state index in [0.717, 1.165) is 16.3 Å². The molecular formula is C26H22N2O5. The monoisotopic (exact) mass is 442 g/mol. The number of carbonyl (C=O) groups is 3. The molecular weight excluding hydrogens is 420 g/mol. The fraction of sp³-hybridized carbons (Fsp3) is 0.269. The van der Waals surface area contributed by atoms with Crippen LogP contribution in [-0.4, -0.2) is 42.1 Å². The second-order valence-corrected chi connectivity index (χ2v) is 8.54. The van der Waals surface area contributed by atoms with Crippen LogP contribution in [0.3, 0.4) is 0 Å². The summed E-state index contributed by atoms with van der Waals surface area (Å²) >= 11 is 0. The molecule has 3 amide bonds. The zero-order valence-corrected chi connectivity index (χ0v) is 18.0. The Morgan fingerprint density at radius 1 is 1.00 bits per heavy atom. The summed E-state index contributed by atoms with van der Waals surface area (Å²) in [5.41, 5.74) is 1.34. The van der Waals surface area contributed by atoms with E-state index in [4.69, 9.17) is 9.47 Å². The fourth-order valence-corrected chi connectivity index (χ4v) is 5.63. The van der Waals surface area contributed by atoms with E-state index in [2.05, 4.69) is 0 Å². The molecule has 3 aromatic carbocycles. The molecule has 3 aliphatic heterocycles. The number of hydrogen-bond acceptors (Lipinski definition) is 5. The number of esters is 1. The summed E-state index contributed by atoms with van der Waals surface area (Å²) in [5, 5.41) is 1.96. The number of imide groups is 1. The third kappa shape index (κ3) is 2.71. The summed E-state index contributed by atoms with van der Waals surface area (Å²) < 4.78 is 11.5. The summed E-state index contributed by atoms with van der Waals surface area (Å²) in [5.74, 6) is -1.37. The SMILES string of the molecule is CCOC(=O)[C@H]1[C@@H]2COc3ccc4ccccc4c3[C@H]2N2C(=O)N(c3ccccc3)C(=O)[C@@H]12. The van der Waals surface area contributed by atoms with Crippen LogP contribution in [0.2, 0.25) is 0 Å². The Morgan fingerprint density at radius 3 is 2.55 bits per heavy atom. The molecule has 3 heterocycles. The van der Waals surface area contributed by atoms with Gasteiger partial charge in [0.25, 0.3) is 5.91 Å². The summed E-state index contributed by atoms with van der Waals surface area (Å²) in [6.45, 7) is 2.17. The summed E-state index contributed by atoms with van der Waals surface area (Å²) in [6, 6.07) is 18.8. The van der Waals surface area contributed by atoms with Crippen LogP contribution in [0, 0.1) is 11.8 Å². The molecule has 0 aliphatic carbocycles. The quantitative estimate of drug-likeness (QED) is 0.454. The van der Waals surface area contributed by atoms with E-state index in [1.54, 1.807) is 36.1 Å². The lowest BCUT2D eigenvalue weighted by Gasteiger charge is -2.34. The van der Waals surface area contributed by atoms with Crippen molar-refractivity contribution in [2.24, 2.45) is 11.8 Å². The van der Waals surface area contributed by atoms with E-state index in [-0.39, 0.29) is 19.1 Å². The fourth-order valence-electron chi connectivity index (χ4n) is 5.63. The van der Waals surface area contributed by atoms with Gasteiger partial charge in [-0.1, -0.05) is 48.5 Å². The molecule has 2 fully saturated rings. The van der Waals surface area contributed by atoms with E-state index in [0.29, 0.717) is 11.4 Å². The Balaban J connectivity index is 1.55. The molecule has 0 saturated carbocycles. The molecule has 2 saturated heterocycles. The van der Waals surface area contributed by atoms with Crippen LogP contribution in [0.1, 0.15) is 18.5 Å². The first-order valence-corrected chi connectivity index (χ1v) is 11.1. The maximum Gasteiger partial charge on any atom is 0.332 e. The predicted molar refractivity (Wildman–Crippen MR) is 121 cm³/mol. The van der Waals surface area contributed by atoms with Crippen molar-refractivity contribution in [2.45, 2.75) is 19.0 Å². The normalized spacial score (nSPS) is 25.5. The van der Waals surface area contributed by atoms with Crippen LogP contribution in [-0.2, 0) is 14.3 Å². The van der Waals surface area contributed by atoms with Crippen LogP contribution in [0.25, 0.3) is 10.8 Å². The second kappa shape index (κ2) is 7.33. The lowest BCUT2D eigenvalue weighted by molar-refractivity contribution is -0.152. The standard InChI is InChI=1S/C26H22N2O5/c1-2-32-25(30)21-18-14-33-19-13-12-15-8-6-7-11-17(15)20(19)22(18)28-23(21)24(29)27(26(28)31)16-9-4-3-5-10-16/h3-13,18,21-23H,2,14H2,1H3/t18-,21-,22-,23+/m0/s1. The van der Waals surface area contributed by atoms with Gasteiger partial charge in [-0.3, -0.25) is 9.59 Å². The van der Waals surface area contributed by atoms with Crippen molar-refractivity contribution in [1.29, 1.82) is 0 Å². The molecule has 0 spiro atoms. The van der Waals surface area contributed by atoms with Crippen LogP contribution < -0.4 is 9.64 Å². The third-order valence-corrected chi connectivity index (χ3v) is 6.92. The third-order valence-electron chi connectivity index (χ3n) is 6.92. The van der Waals surface area contributed by atoms with Crippen molar-refractivity contribution < 1.29 is 23.9 Å². The molecule has 0 N–H and O–H groups in total. The smallest absolute Gasteiger partial charge is 0.332 e. The van der Waals surface area contributed by atoms with Gasteiger partial charge in [0, 0.05) is 11.5 Å². The van der Waals surface area contributed by atoms with Gasteiger partial charge < -0.3 is 14.4 Å². The summed E-state index contributed by atoms with van der Waals surface area (Å²) in [6.07, 6.45) is 0. The minimum absolute atomic E-state index is 0.199. The molecule has 0 aromatic heterocycles. The number of ether oxygens (including phenoxy) is 2. The first kappa shape index (κ1) is 19.8. The average molecular weight is 442 g/mol. The maximum absolute atomic E-state index is 13.8. The molecule has 4 atom stereocenters. The van der Waals surface area contributed by atoms with Gasteiger partial charge in [-0.2, -0.15) is 0 Å². The van der Waals surface area contributed by atoms with Crippen LogP contribution >= 0.6 is 0 Å². The number of urea groups is 1. The Hall–Kier alpha value is -3.87. The molecule has 7 nitrogen and oxygen atoms in total. The number of fused-ring (bicyclic) bond motifs is 7. The highest BCUT2D eigenvalue weighted by molar-refractivity contribution is 6.23. The van der Waals surface area contributed by atoms with Gasteiger partial charge in [0.15, 0.2) is 0 Å². The van der Waals surface area contributed by atoms with Crippen molar-refractivity contribution in [3.8, 4) is 5.75 Å². The largest absolute Gasteiger partial charge is 0.493 e. The first-order valence-electron chi connectivity index (χ1n) is 11.1. The van der Waals surface area contributed by atoms with Crippen molar-refractivity contribution in [3.05, 3.63) is 72.3 Å². The van der Waals surface area contributed by atoms with Gasteiger partial charge in [-0.15, -0.1) is 0 Å². The number of nitrogens with zero attached hydrogens (tertiary/aromatic N) is 2. The average Bonchev–Trinajstić information content (AvgIpc) is 3.32. The van der Waals surface area contributed by atoms with Crippen LogP contribution in [0.15, 0.2) is 66.7 Å². The molecule has 0 radical (unpaired) electrons. The Labute approximate surface area is 190 Å². The second-order valence-electron chi connectivity index (χ2n) is 8.54. The van der Waals surface area contributed by atoms with E-state index >= 15 is 0 Å². The van der Waals surface area contributed by atoms with Gasteiger partial charge in [0.2, 0.25) is 0 Å². The van der Waals surface area contributed by atoms with Gasteiger partial charge in [-0.25, -0.2) is 9.69 Å². The lowest BCUT2D eigenvalue weighted by atomic mass is 9.81. The summed E-state index contributed by atoms with van der Waals surface area (Å²) in [4.78, 5) is 43.3. The van der Waals surface area contributed by atoms with Crippen LogP contribution in [0.5, 0.6) is 5.75 Å². The van der Waals surface area contributed by atoms with Gasteiger partial charge in [-0.05, 0) is 35.9 Å². The van der Waals surface area contributed by atoms with Crippen molar-refractivity contribution in [1.82, 2.24) is 4.90 Å². The maximum atomic E-state index is 13.8. The van der Waals surface area contributed by atoms with Crippen molar-refractivity contribution >= 4 is 34.4 Å². The molecule has 0 bridgehead atoms. The number of hydrogen-bond donors (Lipinski definition) is 0. The zero-order valence-electron chi connectivity index (χ0n) is 18.0. The van der Waals surface area contributed by atoms with Gasteiger partial charge in [0.05, 0.1) is 30.9 Å². The molecule has 33 heavy (non-hydrogen) atoms. The Morgan fingerprint density at radius 2 is 1.76 bits per heavy atom. The summed E-state index contributed by atoms with van der Waals surface area (Å²) in [7, 11) is 0. The minimum atomic E-state index is -0.930. The molecule has 7 heteroatoms. The molecule has 0 unspecified atom stereocenters. The highest BCUT2D eigenvalue weighted by atomic mass is 16.5. The first-order chi connectivity index (χ1) is 16.1. The molecule has 6 rings (SSSR count). The zero-order chi connectivity index (χ0) is 22.7. The number of para-hydroxylation sites is 1. The number of benzene rings is 3. The predicted octanol–water partition coefficient (Wildman–Crippen LogP) is 3.92. The van der Waals surface area contributed by atoms with Gasteiger partial charge >= 0.3 is 12.0 Å². The number of rotatable bonds is 3. The molecule has 3 aromatic rings. The minimum Gasteiger partial charge on any atom is -0.493 e. The molecule has 166 valence electrons. The number of anilines is 1. The lowest BCUT2D eigenvalue weighted by Crippen LogP contribution is -2.42. The topological polar surface area (TPSA) is 76.2 Å². The Bertz CT molecular complexity index is 1290. The van der Waals surface area contributed by atoms with Crippen LogP contribution in [0.4, 0.5) is 10.5 Å².